The second-order valence-corrected chi connectivity index (χ2v) is 5.25. The zero-order valence-corrected chi connectivity index (χ0v) is 12.9. The predicted octanol–water partition coefficient (Wildman–Crippen LogP) is 3.64. The van der Waals surface area contributed by atoms with Crippen LogP contribution in [0.3, 0.4) is 0 Å². The van der Waals surface area contributed by atoms with Gasteiger partial charge in [-0.3, -0.25) is 9.78 Å². The molecule has 0 saturated heterocycles. The number of halogens is 2. The molecule has 0 aliphatic heterocycles. The Bertz CT molecular complexity index is 620. The molecule has 0 spiro atoms. The summed E-state index contributed by atoms with van der Waals surface area (Å²) < 4.78 is 5.37. The molecular weight excluding hydrogens is 311 g/mol. The van der Waals surface area contributed by atoms with Crippen LogP contribution in [0.25, 0.3) is 0 Å². The summed E-state index contributed by atoms with van der Waals surface area (Å²) >= 11 is 11.8. The lowest BCUT2D eigenvalue weighted by Gasteiger charge is -2.14. The van der Waals surface area contributed by atoms with Gasteiger partial charge in [-0.25, -0.2) is 0 Å². The van der Waals surface area contributed by atoms with Crippen LogP contribution in [0.2, 0.25) is 10.0 Å². The first kappa shape index (κ1) is 15.6. The first-order valence-corrected chi connectivity index (χ1v) is 7.10. The standard InChI is InChI=1S/C15H14Cl2N2O2/c1-10(13-4-2-3-7-18-13)19-15(20)9-21-14-6-5-11(16)8-12(14)17/h2-8,10H,9H2,1H3,(H,19,20)/t10-/m0/s1. The smallest absolute Gasteiger partial charge is 0.258 e. The number of aromatic nitrogens is 1. The van der Waals surface area contributed by atoms with Gasteiger partial charge in [0.2, 0.25) is 0 Å². The number of rotatable bonds is 5. The van der Waals surface area contributed by atoms with Crippen molar-refractivity contribution in [3.05, 3.63) is 58.3 Å². The number of benzene rings is 1. The highest BCUT2D eigenvalue weighted by Crippen LogP contribution is 2.27. The van der Waals surface area contributed by atoms with E-state index in [1.54, 1.807) is 24.4 Å². The molecule has 110 valence electrons. The van der Waals surface area contributed by atoms with Gasteiger partial charge in [0.05, 0.1) is 16.8 Å². The van der Waals surface area contributed by atoms with E-state index in [0.717, 1.165) is 5.69 Å². The maximum atomic E-state index is 11.8. The summed E-state index contributed by atoms with van der Waals surface area (Å²) in [7, 11) is 0. The Hall–Kier alpha value is -1.78. The monoisotopic (exact) mass is 324 g/mol. The van der Waals surface area contributed by atoms with Crippen LogP contribution in [-0.2, 0) is 4.79 Å². The third-order valence-electron chi connectivity index (χ3n) is 2.76. The Morgan fingerprint density at radius 1 is 1.33 bits per heavy atom. The highest BCUT2D eigenvalue weighted by molar-refractivity contribution is 6.35. The minimum absolute atomic E-state index is 0.126. The van der Waals surface area contributed by atoms with Gasteiger partial charge in [-0.1, -0.05) is 29.3 Å². The maximum Gasteiger partial charge on any atom is 0.258 e. The van der Waals surface area contributed by atoms with Crippen LogP contribution in [-0.4, -0.2) is 17.5 Å². The highest BCUT2D eigenvalue weighted by atomic mass is 35.5. The van der Waals surface area contributed by atoms with Crippen LogP contribution in [0, 0.1) is 0 Å². The predicted molar refractivity (Wildman–Crippen MR) is 82.8 cm³/mol. The molecule has 4 nitrogen and oxygen atoms in total. The third kappa shape index (κ3) is 4.62. The van der Waals surface area contributed by atoms with Gasteiger partial charge in [0.25, 0.3) is 5.91 Å². The van der Waals surface area contributed by atoms with Crippen LogP contribution < -0.4 is 10.1 Å². The molecule has 1 amide bonds. The molecule has 2 aromatic rings. The first-order chi connectivity index (χ1) is 10.1. The molecule has 0 unspecified atom stereocenters. The molecular formula is C15H14Cl2N2O2. The lowest BCUT2D eigenvalue weighted by atomic mass is 10.2. The van der Waals surface area contributed by atoms with E-state index in [1.807, 2.05) is 25.1 Å². The number of carbonyl (C=O) groups excluding carboxylic acids is 1. The molecule has 0 fully saturated rings. The lowest BCUT2D eigenvalue weighted by Crippen LogP contribution is -2.31. The third-order valence-corrected chi connectivity index (χ3v) is 3.29. The molecule has 1 atom stereocenters. The maximum absolute atomic E-state index is 11.8. The van der Waals surface area contributed by atoms with E-state index in [9.17, 15) is 4.79 Å². The number of nitrogens with zero attached hydrogens (tertiary/aromatic N) is 1. The molecule has 0 aliphatic carbocycles. The minimum atomic E-state index is -0.251. The molecule has 21 heavy (non-hydrogen) atoms. The number of amides is 1. The van der Waals surface area contributed by atoms with Gasteiger partial charge < -0.3 is 10.1 Å². The summed E-state index contributed by atoms with van der Waals surface area (Å²) in [4.78, 5) is 16.0. The van der Waals surface area contributed by atoms with E-state index >= 15 is 0 Å². The van der Waals surface area contributed by atoms with Gasteiger partial charge in [-0.15, -0.1) is 0 Å². The number of ether oxygens (including phenoxy) is 1. The van der Waals surface area contributed by atoms with Crippen LogP contribution in [0.15, 0.2) is 42.6 Å². The van der Waals surface area contributed by atoms with E-state index in [-0.39, 0.29) is 18.6 Å². The Balaban J connectivity index is 1.87. The summed E-state index contributed by atoms with van der Waals surface area (Å²) in [5.41, 5.74) is 0.787. The van der Waals surface area contributed by atoms with Crippen LogP contribution in [0.5, 0.6) is 5.75 Å². The number of hydrogen-bond acceptors (Lipinski definition) is 3. The molecule has 1 aromatic carbocycles. The highest BCUT2D eigenvalue weighted by Gasteiger charge is 2.11. The largest absolute Gasteiger partial charge is 0.482 e. The van der Waals surface area contributed by atoms with Crippen molar-refractivity contribution in [3.8, 4) is 5.75 Å². The van der Waals surface area contributed by atoms with Gasteiger partial charge in [-0.05, 0) is 37.3 Å². The summed E-state index contributed by atoms with van der Waals surface area (Å²) in [5.74, 6) is 0.167. The van der Waals surface area contributed by atoms with Gasteiger partial charge in [0, 0.05) is 11.2 Å². The van der Waals surface area contributed by atoms with Crippen LogP contribution in [0.1, 0.15) is 18.7 Å². The van der Waals surface area contributed by atoms with Crippen molar-refractivity contribution in [2.45, 2.75) is 13.0 Å². The Labute approximate surface area is 133 Å². The van der Waals surface area contributed by atoms with Crippen molar-refractivity contribution < 1.29 is 9.53 Å². The van der Waals surface area contributed by atoms with Gasteiger partial charge in [0.1, 0.15) is 5.75 Å². The molecule has 0 saturated carbocycles. The van der Waals surface area contributed by atoms with Gasteiger partial charge in [0.15, 0.2) is 6.61 Å². The van der Waals surface area contributed by atoms with E-state index in [2.05, 4.69) is 10.3 Å². The Morgan fingerprint density at radius 2 is 2.14 bits per heavy atom. The van der Waals surface area contributed by atoms with E-state index in [1.165, 1.54) is 0 Å². The fourth-order valence-electron chi connectivity index (χ4n) is 1.72. The second kappa shape index (κ2) is 7.29. The zero-order valence-electron chi connectivity index (χ0n) is 11.3. The molecule has 1 N–H and O–H groups in total. The first-order valence-electron chi connectivity index (χ1n) is 6.34. The van der Waals surface area contributed by atoms with Gasteiger partial charge >= 0.3 is 0 Å². The minimum Gasteiger partial charge on any atom is -0.482 e. The van der Waals surface area contributed by atoms with Crippen LogP contribution in [0.4, 0.5) is 0 Å². The summed E-state index contributed by atoms with van der Waals surface area (Å²) in [6.45, 7) is 1.73. The topological polar surface area (TPSA) is 51.2 Å². The van der Waals surface area contributed by atoms with Crippen molar-refractivity contribution in [3.63, 3.8) is 0 Å². The Morgan fingerprint density at radius 3 is 2.81 bits per heavy atom. The fourth-order valence-corrected chi connectivity index (χ4v) is 2.19. The molecule has 2 rings (SSSR count). The average Bonchev–Trinajstić information content (AvgIpc) is 2.47. The van der Waals surface area contributed by atoms with Gasteiger partial charge in [-0.2, -0.15) is 0 Å². The zero-order chi connectivity index (χ0) is 15.2. The molecule has 0 radical (unpaired) electrons. The molecule has 1 aromatic heterocycles. The van der Waals surface area contributed by atoms with Crippen LogP contribution >= 0.6 is 23.2 Å². The second-order valence-electron chi connectivity index (χ2n) is 4.41. The van der Waals surface area contributed by atoms with E-state index < -0.39 is 0 Å². The summed E-state index contributed by atoms with van der Waals surface area (Å²) in [6.07, 6.45) is 1.68. The van der Waals surface area contributed by atoms with Crippen molar-refractivity contribution in [1.29, 1.82) is 0 Å². The summed E-state index contributed by atoms with van der Waals surface area (Å²) in [5, 5.41) is 3.68. The number of carbonyl (C=O) groups is 1. The molecule has 0 bridgehead atoms. The summed E-state index contributed by atoms with van der Waals surface area (Å²) in [6, 6.07) is 10.2. The Kier molecular flexibility index (Phi) is 5.42. The van der Waals surface area contributed by atoms with Crippen molar-refractivity contribution in [2.24, 2.45) is 0 Å². The quantitative estimate of drug-likeness (QED) is 0.913. The fraction of sp³-hybridized carbons (Fsp3) is 0.200. The number of pyridine rings is 1. The normalized spacial score (nSPS) is 11.8. The number of hydrogen-bond donors (Lipinski definition) is 1. The molecule has 1 heterocycles. The van der Waals surface area contributed by atoms with E-state index in [0.29, 0.717) is 15.8 Å². The number of nitrogens with one attached hydrogen (secondary N) is 1. The SMILES string of the molecule is C[C@H](NC(=O)COc1ccc(Cl)cc1Cl)c1ccccn1. The average molecular weight is 325 g/mol. The van der Waals surface area contributed by atoms with Crippen molar-refractivity contribution in [1.82, 2.24) is 10.3 Å². The lowest BCUT2D eigenvalue weighted by molar-refractivity contribution is -0.123. The van der Waals surface area contributed by atoms with Crippen molar-refractivity contribution >= 4 is 29.1 Å². The van der Waals surface area contributed by atoms with E-state index in [4.69, 9.17) is 27.9 Å². The van der Waals surface area contributed by atoms with Crippen molar-refractivity contribution in [2.75, 3.05) is 6.61 Å². The molecule has 6 heteroatoms. The molecule has 0 aliphatic rings.